The van der Waals surface area contributed by atoms with Gasteiger partial charge in [-0.3, -0.25) is 14.5 Å². The van der Waals surface area contributed by atoms with Crippen molar-refractivity contribution in [1.29, 1.82) is 0 Å². The Hall–Kier alpha value is -2.48. The molecular formula is C20H26N4O3S. The van der Waals surface area contributed by atoms with E-state index in [1.54, 1.807) is 4.90 Å². The molecule has 1 atom stereocenters. The van der Waals surface area contributed by atoms with Crippen LogP contribution in [0.5, 0.6) is 5.75 Å². The Morgan fingerprint density at radius 2 is 2.14 bits per heavy atom. The smallest absolute Gasteiger partial charge is 0.229 e. The van der Waals surface area contributed by atoms with Crippen molar-refractivity contribution >= 4 is 28.3 Å². The van der Waals surface area contributed by atoms with Crippen LogP contribution in [-0.2, 0) is 22.4 Å². The molecule has 1 N–H and O–H groups in total. The molecule has 1 aliphatic heterocycles. The van der Waals surface area contributed by atoms with Crippen molar-refractivity contribution in [2.24, 2.45) is 5.92 Å². The van der Waals surface area contributed by atoms with E-state index in [1.165, 1.54) is 11.3 Å². The maximum atomic E-state index is 12.5. The van der Waals surface area contributed by atoms with Crippen LogP contribution in [0.1, 0.15) is 37.3 Å². The molecule has 0 spiro atoms. The number of ether oxygens (including phenoxy) is 1. The number of amides is 2. The van der Waals surface area contributed by atoms with Gasteiger partial charge in [0.1, 0.15) is 10.8 Å². The van der Waals surface area contributed by atoms with Gasteiger partial charge in [0.25, 0.3) is 0 Å². The fourth-order valence-electron chi connectivity index (χ4n) is 3.09. The van der Waals surface area contributed by atoms with Crippen molar-refractivity contribution in [3.8, 4) is 5.75 Å². The van der Waals surface area contributed by atoms with Crippen LogP contribution in [0.2, 0.25) is 0 Å². The van der Waals surface area contributed by atoms with E-state index in [2.05, 4.69) is 22.4 Å². The highest BCUT2D eigenvalue weighted by atomic mass is 32.1. The highest BCUT2D eigenvalue weighted by molar-refractivity contribution is 7.15. The van der Waals surface area contributed by atoms with Gasteiger partial charge in [-0.25, -0.2) is 0 Å². The summed E-state index contributed by atoms with van der Waals surface area (Å²) < 4.78 is 5.76. The zero-order valence-electron chi connectivity index (χ0n) is 16.3. The van der Waals surface area contributed by atoms with Crippen molar-refractivity contribution in [2.75, 3.05) is 24.6 Å². The Balaban J connectivity index is 1.51. The highest BCUT2D eigenvalue weighted by Gasteiger charge is 2.36. The largest absolute Gasteiger partial charge is 0.493 e. The average Bonchev–Trinajstić information content (AvgIpc) is 3.33. The van der Waals surface area contributed by atoms with Crippen molar-refractivity contribution in [2.45, 2.75) is 39.5 Å². The van der Waals surface area contributed by atoms with Crippen LogP contribution in [0.3, 0.4) is 0 Å². The van der Waals surface area contributed by atoms with E-state index in [0.717, 1.165) is 29.2 Å². The summed E-state index contributed by atoms with van der Waals surface area (Å²) in [4.78, 5) is 26.4. The second-order valence-electron chi connectivity index (χ2n) is 6.73. The van der Waals surface area contributed by atoms with E-state index >= 15 is 0 Å². The number of rotatable bonds is 9. The van der Waals surface area contributed by atoms with Crippen LogP contribution in [0.15, 0.2) is 24.3 Å². The predicted molar refractivity (Wildman–Crippen MR) is 109 cm³/mol. The van der Waals surface area contributed by atoms with Crippen molar-refractivity contribution in [1.82, 2.24) is 15.5 Å². The van der Waals surface area contributed by atoms with Gasteiger partial charge in [0.05, 0.1) is 12.5 Å². The minimum Gasteiger partial charge on any atom is -0.493 e. The maximum absolute atomic E-state index is 12.5. The van der Waals surface area contributed by atoms with Gasteiger partial charge >= 0.3 is 0 Å². The Morgan fingerprint density at radius 3 is 2.89 bits per heavy atom. The third kappa shape index (κ3) is 4.86. The number of carbonyl (C=O) groups excluding carboxylic acids is 2. The van der Waals surface area contributed by atoms with Gasteiger partial charge in [0, 0.05) is 19.5 Å². The molecule has 8 heteroatoms. The van der Waals surface area contributed by atoms with E-state index in [-0.39, 0.29) is 24.2 Å². The van der Waals surface area contributed by atoms with Gasteiger partial charge < -0.3 is 10.1 Å². The van der Waals surface area contributed by atoms with Gasteiger partial charge in [-0.1, -0.05) is 43.4 Å². The van der Waals surface area contributed by atoms with Crippen LogP contribution in [0.25, 0.3) is 0 Å². The van der Waals surface area contributed by atoms with Crippen molar-refractivity contribution in [3.05, 3.63) is 34.8 Å². The second-order valence-corrected chi connectivity index (χ2v) is 7.78. The first kappa shape index (κ1) is 20.3. The number of benzene rings is 1. The van der Waals surface area contributed by atoms with E-state index in [4.69, 9.17) is 4.74 Å². The number of anilines is 1. The van der Waals surface area contributed by atoms with Crippen molar-refractivity contribution < 1.29 is 14.3 Å². The summed E-state index contributed by atoms with van der Waals surface area (Å²) in [5.74, 6) is 0.345. The molecule has 1 aromatic carbocycles. The molecule has 0 bridgehead atoms. The lowest BCUT2D eigenvalue weighted by molar-refractivity contribution is -0.126. The lowest BCUT2D eigenvalue weighted by Gasteiger charge is -2.14. The number of para-hydroxylation sites is 1. The Morgan fingerprint density at radius 1 is 1.32 bits per heavy atom. The van der Waals surface area contributed by atoms with Gasteiger partial charge in [-0.15, -0.1) is 10.2 Å². The molecule has 1 saturated heterocycles. The van der Waals surface area contributed by atoms with Crippen LogP contribution in [-0.4, -0.2) is 41.7 Å². The number of aryl methyl sites for hydroxylation is 1. The van der Waals surface area contributed by atoms with E-state index in [0.29, 0.717) is 31.2 Å². The first-order valence-corrected chi connectivity index (χ1v) is 10.5. The van der Waals surface area contributed by atoms with Gasteiger partial charge in [-0.05, 0) is 30.9 Å². The monoisotopic (exact) mass is 402 g/mol. The molecule has 1 aromatic heterocycles. The first-order chi connectivity index (χ1) is 13.6. The zero-order chi connectivity index (χ0) is 19.9. The first-order valence-electron chi connectivity index (χ1n) is 9.73. The fraction of sp³-hybridized carbons (Fsp3) is 0.500. The normalized spacial score (nSPS) is 16.4. The summed E-state index contributed by atoms with van der Waals surface area (Å²) in [6.07, 6.45) is 2.63. The number of hydrogen-bond donors (Lipinski definition) is 1. The van der Waals surface area contributed by atoms with Crippen LogP contribution in [0, 0.1) is 5.92 Å². The lowest BCUT2D eigenvalue weighted by Crippen LogP contribution is -2.34. The number of nitrogens with one attached hydrogen (secondary N) is 1. The molecule has 1 fully saturated rings. The van der Waals surface area contributed by atoms with Crippen molar-refractivity contribution in [3.63, 3.8) is 0 Å². The summed E-state index contributed by atoms with van der Waals surface area (Å²) in [5.41, 5.74) is 1.07. The van der Waals surface area contributed by atoms with Gasteiger partial charge in [-0.2, -0.15) is 0 Å². The fourth-order valence-corrected chi connectivity index (χ4v) is 3.90. The van der Waals surface area contributed by atoms with E-state index < -0.39 is 0 Å². The molecule has 0 aliphatic carbocycles. The summed E-state index contributed by atoms with van der Waals surface area (Å²) >= 11 is 1.41. The van der Waals surface area contributed by atoms with E-state index in [1.807, 2.05) is 31.2 Å². The molecular weight excluding hydrogens is 376 g/mol. The zero-order valence-corrected chi connectivity index (χ0v) is 17.1. The summed E-state index contributed by atoms with van der Waals surface area (Å²) in [5, 5.41) is 12.6. The molecule has 28 heavy (non-hydrogen) atoms. The Labute approximate surface area is 169 Å². The molecule has 2 amide bonds. The quantitative estimate of drug-likeness (QED) is 0.697. The predicted octanol–water partition coefficient (Wildman–Crippen LogP) is 2.60. The third-order valence-corrected chi connectivity index (χ3v) is 5.70. The molecule has 150 valence electrons. The summed E-state index contributed by atoms with van der Waals surface area (Å²) in [6, 6.07) is 7.88. The summed E-state index contributed by atoms with van der Waals surface area (Å²) in [7, 11) is 0. The molecule has 7 nitrogen and oxygen atoms in total. The summed E-state index contributed by atoms with van der Waals surface area (Å²) in [6.45, 7) is 5.61. The SMILES string of the molecule is CCCOc1ccccc1CCNC(=O)C1CC(=O)N(c2nnc(CC)s2)C1. The van der Waals surface area contributed by atoms with Crippen LogP contribution >= 0.6 is 11.3 Å². The Kier molecular flexibility index (Phi) is 6.97. The van der Waals surface area contributed by atoms with Crippen LogP contribution < -0.4 is 15.0 Å². The number of aromatic nitrogens is 2. The maximum Gasteiger partial charge on any atom is 0.229 e. The minimum absolute atomic E-state index is 0.0720. The molecule has 3 rings (SSSR count). The van der Waals surface area contributed by atoms with Gasteiger partial charge in [0.2, 0.25) is 16.9 Å². The highest BCUT2D eigenvalue weighted by Crippen LogP contribution is 2.28. The molecule has 2 heterocycles. The minimum atomic E-state index is -0.354. The molecule has 0 radical (unpaired) electrons. The topological polar surface area (TPSA) is 84.4 Å². The number of hydrogen-bond acceptors (Lipinski definition) is 6. The molecule has 1 aliphatic rings. The van der Waals surface area contributed by atoms with E-state index in [9.17, 15) is 9.59 Å². The third-order valence-electron chi connectivity index (χ3n) is 4.61. The molecule has 2 aromatic rings. The number of nitrogens with zero attached hydrogens (tertiary/aromatic N) is 3. The average molecular weight is 403 g/mol. The lowest BCUT2D eigenvalue weighted by atomic mass is 10.1. The van der Waals surface area contributed by atoms with Gasteiger partial charge in [0.15, 0.2) is 0 Å². The molecule has 0 saturated carbocycles. The standard InChI is InChI=1S/C20H26N4O3S/c1-3-11-27-16-8-6-5-7-14(16)9-10-21-19(26)15-12-18(25)24(13-15)20-23-22-17(4-2)28-20/h5-8,15H,3-4,9-13H2,1-2H3,(H,21,26). The van der Waals surface area contributed by atoms with Crippen LogP contribution in [0.4, 0.5) is 5.13 Å². The second kappa shape index (κ2) is 9.64. The molecule has 1 unspecified atom stereocenters. The Bertz CT molecular complexity index is 823. The number of carbonyl (C=O) groups is 2.